The average Bonchev–Trinajstić information content (AvgIpc) is 2.20. The Morgan fingerprint density at radius 2 is 2.07 bits per heavy atom. The highest BCUT2D eigenvalue weighted by Crippen LogP contribution is 2.14. The molecular weight excluding hydrogens is 184 g/mol. The molecule has 0 aliphatic heterocycles. The number of nitrogens with one attached hydrogen (secondary N) is 1. The molecule has 0 bridgehead atoms. The van der Waals surface area contributed by atoms with Gasteiger partial charge in [0.1, 0.15) is 0 Å². The van der Waals surface area contributed by atoms with E-state index >= 15 is 0 Å². The molecular formula is C9H10N2O3. The van der Waals surface area contributed by atoms with Crippen molar-refractivity contribution in [1.82, 2.24) is 4.98 Å². The fraction of sp³-hybridized carbons (Fsp3) is 0.333. The van der Waals surface area contributed by atoms with Crippen LogP contribution in [-0.2, 0) is 9.47 Å². The van der Waals surface area contributed by atoms with Crippen molar-refractivity contribution in [2.45, 2.75) is 6.29 Å². The molecule has 5 nitrogen and oxygen atoms in total. The van der Waals surface area contributed by atoms with Crippen LogP contribution in [0.25, 0.3) is 4.85 Å². The van der Waals surface area contributed by atoms with Gasteiger partial charge in [0.05, 0.1) is 12.3 Å². The third-order valence-electron chi connectivity index (χ3n) is 1.71. The molecule has 14 heavy (non-hydrogen) atoms. The summed E-state index contributed by atoms with van der Waals surface area (Å²) in [6.07, 6.45) is -0.609. The first-order valence-corrected chi connectivity index (χ1v) is 3.89. The van der Waals surface area contributed by atoms with Gasteiger partial charge in [0.25, 0.3) is 5.56 Å². The van der Waals surface area contributed by atoms with Gasteiger partial charge in [-0.1, -0.05) is 0 Å². The number of hydrogen-bond acceptors (Lipinski definition) is 3. The summed E-state index contributed by atoms with van der Waals surface area (Å²) in [5.74, 6) is 0. The van der Waals surface area contributed by atoms with Gasteiger partial charge in [-0.25, -0.2) is 4.85 Å². The van der Waals surface area contributed by atoms with Gasteiger partial charge >= 0.3 is 0 Å². The van der Waals surface area contributed by atoms with Crippen molar-refractivity contribution in [3.8, 4) is 0 Å². The van der Waals surface area contributed by atoms with Crippen molar-refractivity contribution in [2.75, 3.05) is 14.2 Å². The molecule has 1 rings (SSSR count). The van der Waals surface area contributed by atoms with Gasteiger partial charge in [-0.05, 0) is 12.1 Å². The Morgan fingerprint density at radius 3 is 2.50 bits per heavy atom. The lowest BCUT2D eigenvalue weighted by Crippen LogP contribution is -2.13. The van der Waals surface area contributed by atoms with Gasteiger partial charge in [-0.15, -0.1) is 0 Å². The van der Waals surface area contributed by atoms with E-state index in [0.717, 1.165) is 0 Å². The quantitative estimate of drug-likeness (QED) is 0.581. The SMILES string of the molecule is [C-]#[N+]c1ccc(C(OC)OC)[nH]c1=O. The number of pyridine rings is 1. The molecule has 0 aromatic carbocycles. The molecule has 0 amide bonds. The highest BCUT2D eigenvalue weighted by Gasteiger charge is 2.10. The highest BCUT2D eigenvalue weighted by atomic mass is 16.7. The third-order valence-corrected chi connectivity index (χ3v) is 1.71. The van der Waals surface area contributed by atoms with Crippen LogP contribution >= 0.6 is 0 Å². The molecule has 1 aromatic heterocycles. The minimum atomic E-state index is -0.609. The van der Waals surface area contributed by atoms with Crippen molar-refractivity contribution in [3.05, 3.63) is 39.6 Å². The van der Waals surface area contributed by atoms with Crippen LogP contribution in [0.1, 0.15) is 12.0 Å². The summed E-state index contributed by atoms with van der Waals surface area (Å²) in [6, 6.07) is 3.03. The minimum absolute atomic E-state index is 0.0553. The van der Waals surface area contributed by atoms with E-state index in [2.05, 4.69) is 9.83 Å². The number of methoxy groups -OCH3 is 2. The third kappa shape index (κ3) is 1.99. The fourth-order valence-corrected chi connectivity index (χ4v) is 1.06. The van der Waals surface area contributed by atoms with Crippen LogP contribution in [0.2, 0.25) is 0 Å². The Hall–Kier alpha value is -1.64. The van der Waals surface area contributed by atoms with E-state index in [0.29, 0.717) is 5.69 Å². The predicted molar refractivity (Wildman–Crippen MR) is 50.1 cm³/mol. The second-order valence-electron chi connectivity index (χ2n) is 2.54. The molecule has 1 N–H and O–H groups in total. The van der Waals surface area contributed by atoms with Gasteiger partial charge < -0.3 is 14.5 Å². The monoisotopic (exact) mass is 194 g/mol. The average molecular weight is 194 g/mol. The number of ether oxygens (including phenoxy) is 2. The molecule has 1 aromatic rings. The van der Waals surface area contributed by atoms with Gasteiger partial charge in [-0.2, -0.15) is 0 Å². The fourth-order valence-electron chi connectivity index (χ4n) is 1.06. The van der Waals surface area contributed by atoms with E-state index in [1.54, 1.807) is 6.07 Å². The van der Waals surface area contributed by atoms with Crippen LogP contribution in [0, 0.1) is 6.57 Å². The zero-order valence-electron chi connectivity index (χ0n) is 7.90. The Kier molecular flexibility index (Phi) is 3.40. The summed E-state index contributed by atoms with van der Waals surface area (Å²) in [5.41, 5.74) is 0.115. The topological polar surface area (TPSA) is 55.7 Å². The molecule has 0 radical (unpaired) electrons. The molecule has 0 spiro atoms. The van der Waals surface area contributed by atoms with Crippen LogP contribution in [-0.4, -0.2) is 19.2 Å². The van der Waals surface area contributed by atoms with E-state index in [1.165, 1.54) is 20.3 Å². The number of aromatic nitrogens is 1. The Balaban J connectivity index is 3.09. The number of aromatic amines is 1. The van der Waals surface area contributed by atoms with E-state index in [9.17, 15) is 4.79 Å². The summed E-state index contributed by atoms with van der Waals surface area (Å²) in [5, 5.41) is 0. The maximum atomic E-state index is 11.2. The first-order chi connectivity index (χ1) is 6.72. The standard InChI is InChI=1S/C9H10N2O3/c1-10-6-4-5-7(11-8(6)12)9(13-2)14-3/h4-5,9H,2-3H3,(H,11,12). The Bertz CT molecular complexity index is 401. The van der Waals surface area contributed by atoms with E-state index < -0.39 is 11.8 Å². The first-order valence-electron chi connectivity index (χ1n) is 3.89. The maximum Gasteiger partial charge on any atom is 0.254 e. The highest BCUT2D eigenvalue weighted by molar-refractivity contribution is 5.41. The van der Waals surface area contributed by atoms with Crippen LogP contribution in [0.4, 0.5) is 5.69 Å². The van der Waals surface area contributed by atoms with Crippen LogP contribution in [0.15, 0.2) is 16.9 Å². The number of hydrogen-bond donors (Lipinski definition) is 1. The summed E-state index contributed by atoms with van der Waals surface area (Å²) < 4.78 is 9.89. The van der Waals surface area contributed by atoms with Crippen LogP contribution in [0.3, 0.4) is 0 Å². The Morgan fingerprint density at radius 1 is 1.43 bits per heavy atom. The molecule has 0 unspecified atom stereocenters. The van der Waals surface area contributed by atoms with E-state index in [-0.39, 0.29) is 5.69 Å². The second kappa shape index (κ2) is 4.56. The summed E-state index contributed by atoms with van der Waals surface area (Å²) in [6.45, 7) is 6.69. The van der Waals surface area contributed by atoms with E-state index in [1.807, 2.05) is 0 Å². The maximum absolute atomic E-state index is 11.2. The van der Waals surface area contributed by atoms with Gasteiger partial charge in [-0.3, -0.25) is 4.79 Å². The molecule has 0 aliphatic carbocycles. The van der Waals surface area contributed by atoms with Crippen molar-refractivity contribution in [3.63, 3.8) is 0 Å². The van der Waals surface area contributed by atoms with Crippen molar-refractivity contribution >= 4 is 5.69 Å². The van der Waals surface area contributed by atoms with Gasteiger partial charge in [0.15, 0.2) is 6.29 Å². The number of H-pyrrole nitrogens is 1. The summed E-state index contributed by atoms with van der Waals surface area (Å²) >= 11 is 0. The van der Waals surface area contributed by atoms with E-state index in [4.69, 9.17) is 16.0 Å². The molecule has 0 atom stereocenters. The second-order valence-corrected chi connectivity index (χ2v) is 2.54. The first kappa shape index (κ1) is 10.4. The van der Waals surface area contributed by atoms with Crippen molar-refractivity contribution in [2.24, 2.45) is 0 Å². The molecule has 0 aliphatic rings. The zero-order valence-corrected chi connectivity index (χ0v) is 7.90. The lowest BCUT2D eigenvalue weighted by molar-refractivity contribution is -0.108. The largest absolute Gasteiger partial charge is 0.350 e. The molecule has 5 heteroatoms. The summed E-state index contributed by atoms with van der Waals surface area (Å²) in [4.78, 5) is 16.8. The predicted octanol–water partition coefficient (Wildman–Crippen LogP) is 1.22. The zero-order chi connectivity index (χ0) is 10.6. The lowest BCUT2D eigenvalue weighted by atomic mass is 10.3. The Labute approximate surface area is 81.1 Å². The lowest BCUT2D eigenvalue weighted by Gasteiger charge is -2.12. The number of nitrogens with zero attached hydrogens (tertiary/aromatic N) is 1. The molecule has 0 fully saturated rings. The van der Waals surface area contributed by atoms with Gasteiger partial charge in [0.2, 0.25) is 5.69 Å². The normalized spacial score (nSPS) is 10.1. The molecule has 0 saturated carbocycles. The smallest absolute Gasteiger partial charge is 0.254 e. The minimum Gasteiger partial charge on any atom is -0.350 e. The van der Waals surface area contributed by atoms with Crippen molar-refractivity contribution in [1.29, 1.82) is 0 Å². The van der Waals surface area contributed by atoms with Crippen LogP contribution < -0.4 is 5.56 Å². The summed E-state index contributed by atoms with van der Waals surface area (Å²) in [7, 11) is 2.94. The van der Waals surface area contributed by atoms with Crippen LogP contribution in [0.5, 0.6) is 0 Å². The molecule has 0 saturated heterocycles. The molecule has 74 valence electrons. The van der Waals surface area contributed by atoms with Crippen molar-refractivity contribution < 1.29 is 9.47 Å². The molecule has 1 heterocycles. The van der Waals surface area contributed by atoms with Gasteiger partial charge in [0, 0.05) is 14.2 Å². The number of rotatable bonds is 3.